The molecule has 1 fully saturated rings. The SMILES string of the molecule is COC[C@@H]1CCCN1C(=O)[C@]1(CCCOCc2ccccc2)C=CCC=C1OC. The molecule has 158 valence electrons. The van der Waals surface area contributed by atoms with E-state index in [1.54, 1.807) is 14.2 Å². The van der Waals surface area contributed by atoms with E-state index in [-0.39, 0.29) is 11.9 Å². The molecule has 1 aromatic rings. The Morgan fingerprint density at radius 2 is 2.07 bits per heavy atom. The van der Waals surface area contributed by atoms with E-state index in [4.69, 9.17) is 14.2 Å². The third kappa shape index (κ3) is 5.09. The van der Waals surface area contributed by atoms with Gasteiger partial charge in [-0.25, -0.2) is 0 Å². The van der Waals surface area contributed by atoms with Crippen molar-refractivity contribution in [1.29, 1.82) is 0 Å². The number of hydrogen-bond acceptors (Lipinski definition) is 4. The lowest BCUT2D eigenvalue weighted by Gasteiger charge is -2.38. The van der Waals surface area contributed by atoms with Gasteiger partial charge in [-0.15, -0.1) is 0 Å². The molecule has 5 heteroatoms. The van der Waals surface area contributed by atoms with Crippen molar-refractivity contribution in [3.05, 3.63) is 59.9 Å². The number of carbonyl (C=O) groups is 1. The van der Waals surface area contributed by atoms with E-state index in [9.17, 15) is 4.79 Å². The molecule has 1 heterocycles. The van der Waals surface area contributed by atoms with E-state index in [2.05, 4.69) is 18.2 Å². The largest absolute Gasteiger partial charge is 0.500 e. The van der Waals surface area contributed by atoms with Crippen molar-refractivity contribution < 1.29 is 19.0 Å². The molecule has 0 aromatic heterocycles. The summed E-state index contributed by atoms with van der Waals surface area (Å²) in [6.45, 7) is 2.56. The van der Waals surface area contributed by atoms with Gasteiger partial charge < -0.3 is 19.1 Å². The number of methoxy groups -OCH3 is 2. The summed E-state index contributed by atoms with van der Waals surface area (Å²) >= 11 is 0. The lowest BCUT2D eigenvalue weighted by Crippen LogP contribution is -2.48. The lowest BCUT2D eigenvalue weighted by atomic mass is 9.76. The predicted molar refractivity (Wildman–Crippen MR) is 113 cm³/mol. The molecule has 29 heavy (non-hydrogen) atoms. The molecule has 2 aliphatic rings. The minimum absolute atomic E-state index is 0.129. The molecule has 3 rings (SSSR count). The van der Waals surface area contributed by atoms with Crippen LogP contribution in [-0.2, 0) is 25.6 Å². The molecule has 0 saturated carbocycles. The van der Waals surface area contributed by atoms with Gasteiger partial charge in [0.15, 0.2) is 0 Å². The second-order valence-corrected chi connectivity index (χ2v) is 7.77. The first kappa shape index (κ1) is 21.6. The van der Waals surface area contributed by atoms with Crippen LogP contribution >= 0.6 is 0 Å². The molecule has 0 N–H and O–H groups in total. The molecule has 0 bridgehead atoms. The number of ether oxygens (including phenoxy) is 3. The van der Waals surface area contributed by atoms with Crippen molar-refractivity contribution in [2.45, 2.75) is 44.8 Å². The number of allylic oxidation sites excluding steroid dienone is 2. The number of likely N-dealkylation sites (tertiary alicyclic amines) is 1. The van der Waals surface area contributed by atoms with Crippen LogP contribution in [0.2, 0.25) is 0 Å². The quantitative estimate of drug-likeness (QED) is 0.439. The molecule has 0 unspecified atom stereocenters. The van der Waals surface area contributed by atoms with E-state index >= 15 is 0 Å². The standard InChI is InChI=1S/C24H33NO4/c1-27-19-21-12-8-16-25(21)23(26)24(14-7-6-13-22(24)28-2)15-9-17-29-18-20-10-4-3-5-11-20/h3-5,7,10-11,13-14,21H,6,8-9,12,15-19H2,1-2H3/t21-,24-/m0/s1. The van der Waals surface area contributed by atoms with Gasteiger partial charge in [-0.05, 0) is 43.7 Å². The summed E-state index contributed by atoms with van der Waals surface area (Å²) in [6, 6.07) is 10.3. The van der Waals surface area contributed by atoms with Crippen LogP contribution in [0.15, 0.2) is 54.3 Å². The fraction of sp³-hybridized carbons (Fsp3) is 0.542. The molecule has 0 spiro atoms. The van der Waals surface area contributed by atoms with Gasteiger partial charge >= 0.3 is 0 Å². The molecule has 1 amide bonds. The number of benzene rings is 1. The van der Waals surface area contributed by atoms with Crippen LogP contribution in [-0.4, -0.2) is 50.8 Å². The first-order valence-electron chi connectivity index (χ1n) is 10.6. The van der Waals surface area contributed by atoms with Crippen molar-refractivity contribution in [3.8, 4) is 0 Å². The number of carbonyl (C=O) groups excluding carboxylic acids is 1. The second kappa shape index (κ2) is 10.6. The van der Waals surface area contributed by atoms with Crippen LogP contribution in [0.25, 0.3) is 0 Å². The summed E-state index contributed by atoms with van der Waals surface area (Å²) in [4.78, 5) is 15.7. The van der Waals surface area contributed by atoms with Gasteiger partial charge in [0, 0.05) is 20.3 Å². The second-order valence-electron chi connectivity index (χ2n) is 7.77. The van der Waals surface area contributed by atoms with E-state index < -0.39 is 5.41 Å². The number of rotatable bonds is 10. The highest BCUT2D eigenvalue weighted by molar-refractivity contribution is 5.88. The topological polar surface area (TPSA) is 48.0 Å². The zero-order valence-electron chi connectivity index (χ0n) is 17.6. The maximum absolute atomic E-state index is 13.7. The molecular formula is C24H33NO4. The van der Waals surface area contributed by atoms with Gasteiger partial charge in [0.25, 0.3) is 0 Å². The van der Waals surface area contributed by atoms with Gasteiger partial charge in [0.1, 0.15) is 11.2 Å². The number of nitrogens with zero attached hydrogens (tertiary/aromatic N) is 1. The molecule has 5 nitrogen and oxygen atoms in total. The Bertz CT molecular complexity index is 715. The highest BCUT2D eigenvalue weighted by atomic mass is 16.5. The molecule has 2 atom stereocenters. The summed E-state index contributed by atoms with van der Waals surface area (Å²) in [7, 11) is 3.36. The Kier molecular flexibility index (Phi) is 7.90. The fourth-order valence-corrected chi connectivity index (χ4v) is 4.41. The predicted octanol–water partition coefficient (Wildman–Crippen LogP) is 4.10. The summed E-state index contributed by atoms with van der Waals surface area (Å²) in [5.41, 5.74) is 0.423. The third-order valence-electron chi connectivity index (χ3n) is 5.85. The van der Waals surface area contributed by atoms with Crippen LogP contribution in [0.1, 0.15) is 37.7 Å². The Balaban J connectivity index is 1.66. The average Bonchev–Trinajstić information content (AvgIpc) is 3.22. The fourth-order valence-electron chi connectivity index (χ4n) is 4.41. The van der Waals surface area contributed by atoms with Gasteiger partial charge in [-0.1, -0.05) is 42.5 Å². The highest BCUT2D eigenvalue weighted by Crippen LogP contribution is 2.41. The van der Waals surface area contributed by atoms with E-state index in [0.29, 0.717) is 26.2 Å². The van der Waals surface area contributed by atoms with Crippen molar-refractivity contribution in [3.63, 3.8) is 0 Å². The van der Waals surface area contributed by atoms with Crippen molar-refractivity contribution in [1.82, 2.24) is 4.90 Å². The summed E-state index contributed by atoms with van der Waals surface area (Å²) < 4.78 is 16.9. The molecule has 1 aliphatic carbocycles. The minimum Gasteiger partial charge on any atom is -0.500 e. The molecule has 0 radical (unpaired) electrons. The van der Waals surface area contributed by atoms with Crippen molar-refractivity contribution in [2.24, 2.45) is 5.41 Å². The maximum atomic E-state index is 13.7. The van der Waals surface area contributed by atoms with Crippen LogP contribution in [0, 0.1) is 5.41 Å². The third-order valence-corrected chi connectivity index (χ3v) is 5.85. The normalized spacial score (nSPS) is 23.9. The zero-order chi connectivity index (χ0) is 20.5. The number of hydrogen-bond donors (Lipinski definition) is 0. The smallest absolute Gasteiger partial charge is 0.240 e. The molecule has 1 saturated heterocycles. The zero-order valence-corrected chi connectivity index (χ0v) is 17.6. The summed E-state index contributed by atoms with van der Waals surface area (Å²) in [5, 5.41) is 0. The first-order valence-corrected chi connectivity index (χ1v) is 10.6. The van der Waals surface area contributed by atoms with Gasteiger partial charge in [0.05, 0.1) is 26.4 Å². The Morgan fingerprint density at radius 3 is 2.83 bits per heavy atom. The summed E-state index contributed by atoms with van der Waals surface area (Å²) in [6.07, 6.45) is 10.4. The Morgan fingerprint density at radius 1 is 1.24 bits per heavy atom. The molecule has 1 aromatic carbocycles. The highest BCUT2D eigenvalue weighted by Gasteiger charge is 2.46. The molecular weight excluding hydrogens is 366 g/mol. The van der Waals surface area contributed by atoms with Gasteiger partial charge in [0.2, 0.25) is 5.91 Å². The minimum atomic E-state index is -0.737. The van der Waals surface area contributed by atoms with E-state index in [1.807, 2.05) is 35.3 Å². The monoisotopic (exact) mass is 399 g/mol. The van der Waals surface area contributed by atoms with Crippen LogP contribution in [0.5, 0.6) is 0 Å². The van der Waals surface area contributed by atoms with E-state index in [0.717, 1.165) is 43.6 Å². The molecule has 1 aliphatic heterocycles. The van der Waals surface area contributed by atoms with Crippen molar-refractivity contribution in [2.75, 3.05) is 34.0 Å². The number of amides is 1. The van der Waals surface area contributed by atoms with E-state index in [1.165, 1.54) is 0 Å². The maximum Gasteiger partial charge on any atom is 0.240 e. The van der Waals surface area contributed by atoms with Gasteiger partial charge in [-0.3, -0.25) is 4.79 Å². The Labute approximate surface area is 174 Å². The van der Waals surface area contributed by atoms with Crippen LogP contribution in [0.3, 0.4) is 0 Å². The lowest BCUT2D eigenvalue weighted by molar-refractivity contribution is -0.141. The average molecular weight is 400 g/mol. The summed E-state index contributed by atoms with van der Waals surface area (Å²) in [5.74, 6) is 0.889. The van der Waals surface area contributed by atoms with Crippen molar-refractivity contribution >= 4 is 5.91 Å². The van der Waals surface area contributed by atoms with Gasteiger partial charge in [-0.2, -0.15) is 0 Å². The Hall–Kier alpha value is -2.11. The van der Waals surface area contributed by atoms with Crippen LogP contribution in [0.4, 0.5) is 0 Å². The first-order chi connectivity index (χ1) is 14.2. The van der Waals surface area contributed by atoms with Crippen LogP contribution < -0.4 is 0 Å².